The first-order chi connectivity index (χ1) is 15.3. The van der Waals surface area contributed by atoms with Gasteiger partial charge in [-0.2, -0.15) is 22.7 Å². The van der Waals surface area contributed by atoms with Crippen LogP contribution in [0.15, 0.2) is 69.9 Å². The van der Waals surface area contributed by atoms with Crippen molar-refractivity contribution in [3.63, 3.8) is 0 Å². The van der Waals surface area contributed by atoms with Gasteiger partial charge in [-0.25, -0.2) is 0 Å². The second-order valence-corrected chi connectivity index (χ2v) is 8.15. The summed E-state index contributed by atoms with van der Waals surface area (Å²) in [6.45, 7) is 1.95. The van der Waals surface area contributed by atoms with Crippen molar-refractivity contribution >= 4 is 22.4 Å². The monoisotopic (exact) mass is 453 g/mol. The third kappa shape index (κ3) is 3.60. The van der Waals surface area contributed by atoms with Crippen molar-refractivity contribution in [1.29, 1.82) is 0 Å². The molecule has 0 bridgehead atoms. The van der Waals surface area contributed by atoms with Crippen LogP contribution in [0.5, 0.6) is 0 Å². The van der Waals surface area contributed by atoms with Gasteiger partial charge in [0.25, 0.3) is 5.56 Å². The molecule has 0 spiro atoms. The Labute approximate surface area is 183 Å². The molecule has 0 saturated carbocycles. The number of alkyl halides is 3. The number of rotatable bonds is 3. The Morgan fingerprint density at radius 3 is 2.62 bits per heavy atom. The van der Waals surface area contributed by atoms with E-state index in [0.29, 0.717) is 26.6 Å². The fourth-order valence-corrected chi connectivity index (χ4v) is 4.22. The zero-order valence-corrected chi connectivity index (χ0v) is 17.4. The average Bonchev–Trinajstić information content (AvgIpc) is 3.46. The molecule has 0 aliphatic carbocycles. The van der Waals surface area contributed by atoms with E-state index in [1.165, 1.54) is 22.7 Å². The Morgan fingerprint density at radius 1 is 1.06 bits per heavy atom. The molecule has 3 aromatic heterocycles. The lowest BCUT2D eigenvalue weighted by Crippen LogP contribution is -2.23. The lowest BCUT2D eigenvalue weighted by Gasteiger charge is -2.07. The second kappa shape index (κ2) is 7.45. The van der Waals surface area contributed by atoms with Gasteiger partial charge in [-0.3, -0.25) is 4.79 Å². The lowest BCUT2D eigenvalue weighted by molar-refractivity contribution is -0.137. The molecular formula is C23H14F3N3O2S. The molecule has 0 aliphatic rings. The van der Waals surface area contributed by atoms with Gasteiger partial charge >= 0.3 is 6.18 Å². The molecule has 0 fully saturated rings. The number of hydrogen-bond acceptors (Lipinski definition) is 5. The van der Waals surface area contributed by atoms with E-state index < -0.39 is 11.7 Å². The van der Waals surface area contributed by atoms with E-state index in [2.05, 4.69) is 10.1 Å². The van der Waals surface area contributed by atoms with Crippen LogP contribution in [-0.2, 0) is 6.18 Å². The number of nitrogens with zero attached hydrogens (tertiary/aromatic N) is 3. The number of benzene rings is 2. The second-order valence-electron chi connectivity index (χ2n) is 7.14. The molecule has 5 aromatic rings. The van der Waals surface area contributed by atoms with Crippen LogP contribution in [0, 0.1) is 6.92 Å². The molecule has 0 amide bonds. The Kier molecular flexibility index (Phi) is 4.70. The largest absolute Gasteiger partial charge is 0.457 e. The Balaban J connectivity index is 1.50. The van der Waals surface area contributed by atoms with Gasteiger partial charge in [0.15, 0.2) is 5.82 Å². The number of furan rings is 1. The smallest absolute Gasteiger partial charge is 0.416 e. The van der Waals surface area contributed by atoms with Crippen molar-refractivity contribution in [3.05, 3.63) is 92.4 Å². The minimum Gasteiger partial charge on any atom is -0.457 e. The summed E-state index contributed by atoms with van der Waals surface area (Å²) in [5.74, 6) is 1.09. The first-order valence-corrected chi connectivity index (χ1v) is 10.4. The van der Waals surface area contributed by atoms with Crippen molar-refractivity contribution in [2.45, 2.75) is 13.1 Å². The number of thiazole rings is 1. The van der Waals surface area contributed by atoms with Crippen molar-refractivity contribution < 1.29 is 17.6 Å². The van der Waals surface area contributed by atoms with E-state index >= 15 is 0 Å². The summed E-state index contributed by atoms with van der Waals surface area (Å²) in [4.78, 5) is 17.7. The predicted octanol–water partition coefficient (Wildman–Crippen LogP) is 4.95. The SMILES string of the molecule is Cc1ccccc1-c1nc2sc(=Cc3ccc(-c4cccc(C(F)(F)F)c4)o3)c(=O)n2n1. The highest BCUT2D eigenvalue weighted by Crippen LogP contribution is 2.32. The van der Waals surface area contributed by atoms with E-state index in [9.17, 15) is 18.0 Å². The van der Waals surface area contributed by atoms with Gasteiger partial charge in [0, 0.05) is 17.2 Å². The van der Waals surface area contributed by atoms with Crippen molar-refractivity contribution in [3.8, 4) is 22.7 Å². The van der Waals surface area contributed by atoms with Crippen LogP contribution in [0.25, 0.3) is 33.7 Å². The summed E-state index contributed by atoms with van der Waals surface area (Å²) in [5.41, 5.74) is 1.06. The van der Waals surface area contributed by atoms with Crippen LogP contribution in [0.1, 0.15) is 16.9 Å². The first kappa shape index (κ1) is 20.2. The fraction of sp³-hybridized carbons (Fsp3) is 0.0870. The van der Waals surface area contributed by atoms with Gasteiger partial charge in [0.1, 0.15) is 16.1 Å². The summed E-state index contributed by atoms with van der Waals surface area (Å²) in [6, 6.07) is 15.7. The summed E-state index contributed by atoms with van der Waals surface area (Å²) >= 11 is 1.16. The molecule has 5 rings (SSSR count). The third-order valence-electron chi connectivity index (χ3n) is 4.94. The molecule has 3 heterocycles. The zero-order valence-electron chi connectivity index (χ0n) is 16.6. The summed E-state index contributed by atoms with van der Waals surface area (Å²) in [5, 5.41) is 4.34. The van der Waals surface area contributed by atoms with Crippen LogP contribution >= 0.6 is 11.3 Å². The molecule has 5 nitrogen and oxygen atoms in total. The minimum atomic E-state index is -4.44. The van der Waals surface area contributed by atoms with Gasteiger partial charge < -0.3 is 4.42 Å². The molecule has 32 heavy (non-hydrogen) atoms. The summed E-state index contributed by atoms with van der Waals surface area (Å²) in [7, 11) is 0. The fourth-order valence-electron chi connectivity index (χ4n) is 3.34. The number of fused-ring (bicyclic) bond motifs is 1. The molecule has 0 N–H and O–H groups in total. The maximum Gasteiger partial charge on any atom is 0.416 e. The van der Waals surface area contributed by atoms with Gasteiger partial charge in [0.05, 0.1) is 5.56 Å². The highest BCUT2D eigenvalue weighted by atomic mass is 32.1. The lowest BCUT2D eigenvalue weighted by atomic mass is 10.1. The standard InChI is InChI=1S/C23H14F3N3O2S/c1-13-5-2-3-8-17(13)20-27-22-29(28-20)21(30)19(32-22)12-16-9-10-18(31-16)14-6-4-7-15(11-14)23(24,25)26/h2-12H,1H3. The third-order valence-corrected chi connectivity index (χ3v) is 5.90. The highest BCUT2D eigenvalue weighted by Gasteiger charge is 2.30. The van der Waals surface area contributed by atoms with Gasteiger partial charge in [0.2, 0.25) is 4.96 Å². The van der Waals surface area contributed by atoms with Crippen LogP contribution in [0.2, 0.25) is 0 Å². The molecular weight excluding hydrogens is 439 g/mol. The molecule has 9 heteroatoms. The zero-order chi connectivity index (χ0) is 22.5. The number of hydrogen-bond donors (Lipinski definition) is 0. The van der Waals surface area contributed by atoms with E-state index in [1.807, 2.05) is 31.2 Å². The molecule has 160 valence electrons. The maximum atomic E-state index is 13.0. The first-order valence-electron chi connectivity index (χ1n) is 9.54. The van der Waals surface area contributed by atoms with Crippen LogP contribution < -0.4 is 10.1 Å². The number of aromatic nitrogens is 3. The van der Waals surface area contributed by atoms with Crippen LogP contribution in [-0.4, -0.2) is 14.6 Å². The highest BCUT2D eigenvalue weighted by molar-refractivity contribution is 7.15. The van der Waals surface area contributed by atoms with Gasteiger partial charge in [-0.15, -0.1) is 5.10 Å². The van der Waals surface area contributed by atoms with Crippen molar-refractivity contribution in [2.24, 2.45) is 0 Å². The average molecular weight is 453 g/mol. The summed E-state index contributed by atoms with van der Waals surface area (Å²) < 4.78 is 46.2. The molecule has 2 aromatic carbocycles. The Bertz CT molecular complexity index is 1560. The minimum absolute atomic E-state index is 0.274. The molecule has 0 unspecified atom stereocenters. The molecule has 0 radical (unpaired) electrons. The maximum absolute atomic E-state index is 13.0. The number of aryl methyl sites for hydroxylation is 1. The summed E-state index contributed by atoms with van der Waals surface area (Å²) in [6.07, 6.45) is -2.90. The Hall–Kier alpha value is -3.72. The Morgan fingerprint density at radius 2 is 1.88 bits per heavy atom. The number of halogens is 3. The van der Waals surface area contributed by atoms with E-state index in [0.717, 1.165) is 34.6 Å². The van der Waals surface area contributed by atoms with Gasteiger partial charge in [-0.1, -0.05) is 47.7 Å². The topological polar surface area (TPSA) is 60.4 Å². The van der Waals surface area contributed by atoms with Crippen LogP contribution in [0.4, 0.5) is 13.2 Å². The van der Waals surface area contributed by atoms with E-state index in [4.69, 9.17) is 4.42 Å². The van der Waals surface area contributed by atoms with Crippen LogP contribution in [0.3, 0.4) is 0 Å². The van der Waals surface area contributed by atoms with Crippen molar-refractivity contribution in [1.82, 2.24) is 14.6 Å². The molecule has 0 aliphatic heterocycles. The van der Waals surface area contributed by atoms with Crippen molar-refractivity contribution in [2.75, 3.05) is 0 Å². The van der Waals surface area contributed by atoms with E-state index in [1.54, 1.807) is 12.1 Å². The molecule has 0 atom stereocenters. The van der Waals surface area contributed by atoms with E-state index in [-0.39, 0.29) is 11.3 Å². The predicted molar refractivity (Wildman–Crippen MR) is 115 cm³/mol. The van der Waals surface area contributed by atoms with Gasteiger partial charge in [-0.05, 0) is 36.8 Å². The normalized spacial score (nSPS) is 12.7. The molecule has 0 saturated heterocycles. The quantitative estimate of drug-likeness (QED) is 0.388.